The molecule has 0 spiro atoms. The summed E-state index contributed by atoms with van der Waals surface area (Å²) in [5.41, 5.74) is 2.55. The lowest BCUT2D eigenvalue weighted by atomic mass is 9.96. The van der Waals surface area contributed by atoms with Crippen LogP contribution in [0.5, 0.6) is 0 Å². The second kappa shape index (κ2) is 8.81. The highest BCUT2D eigenvalue weighted by Crippen LogP contribution is 2.23. The van der Waals surface area contributed by atoms with Crippen LogP contribution in [0, 0.1) is 5.82 Å². The number of aryl methyl sites for hydroxylation is 1. The van der Waals surface area contributed by atoms with Crippen molar-refractivity contribution in [3.63, 3.8) is 0 Å². The number of rotatable bonds is 6. The number of benzene rings is 3. The zero-order valence-corrected chi connectivity index (χ0v) is 14.7. The molecule has 3 heteroatoms. The lowest BCUT2D eigenvalue weighted by molar-refractivity contribution is 0.526. The van der Waals surface area contributed by atoms with Gasteiger partial charge in [-0.25, -0.2) is 4.39 Å². The van der Waals surface area contributed by atoms with Gasteiger partial charge in [0, 0.05) is 6.04 Å². The van der Waals surface area contributed by atoms with Crippen LogP contribution in [0.25, 0.3) is 10.8 Å². The Morgan fingerprint density at radius 1 is 0.917 bits per heavy atom. The van der Waals surface area contributed by atoms with E-state index in [2.05, 4.69) is 47.8 Å². The summed E-state index contributed by atoms with van der Waals surface area (Å²) in [7, 11) is 1.96. The molecular weight excluding hydrogens is 321 g/mol. The molecular formula is C21H23ClFN. The molecule has 1 unspecified atom stereocenters. The van der Waals surface area contributed by atoms with E-state index in [9.17, 15) is 4.39 Å². The van der Waals surface area contributed by atoms with Crippen LogP contribution >= 0.6 is 12.4 Å². The van der Waals surface area contributed by atoms with E-state index in [-0.39, 0.29) is 24.3 Å². The van der Waals surface area contributed by atoms with Crippen LogP contribution < -0.4 is 5.32 Å². The smallest absolute Gasteiger partial charge is 0.123 e. The molecule has 126 valence electrons. The maximum Gasteiger partial charge on any atom is 0.123 e. The van der Waals surface area contributed by atoms with Crippen molar-refractivity contribution in [2.24, 2.45) is 0 Å². The van der Waals surface area contributed by atoms with E-state index in [0.717, 1.165) is 24.8 Å². The van der Waals surface area contributed by atoms with E-state index in [1.165, 1.54) is 28.5 Å². The molecule has 0 aliphatic rings. The lowest BCUT2D eigenvalue weighted by Crippen LogP contribution is -2.16. The van der Waals surface area contributed by atoms with Crippen LogP contribution in [0.3, 0.4) is 0 Å². The van der Waals surface area contributed by atoms with Gasteiger partial charge in [-0.3, -0.25) is 0 Å². The summed E-state index contributed by atoms with van der Waals surface area (Å²) in [6, 6.07) is 22.1. The van der Waals surface area contributed by atoms with Gasteiger partial charge in [0.2, 0.25) is 0 Å². The van der Waals surface area contributed by atoms with E-state index in [1.54, 1.807) is 0 Å². The average molecular weight is 344 g/mol. The quantitative estimate of drug-likeness (QED) is 0.606. The molecule has 0 bridgehead atoms. The highest BCUT2D eigenvalue weighted by molar-refractivity contribution is 5.86. The van der Waals surface area contributed by atoms with E-state index in [1.807, 2.05) is 19.2 Å². The van der Waals surface area contributed by atoms with Gasteiger partial charge in [-0.15, -0.1) is 12.4 Å². The van der Waals surface area contributed by atoms with Crippen LogP contribution in [0.15, 0.2) is 66.7 Å². The molecule has 0 fully saturated rings. The summed E-state index contributed by atoms with van der Waals surface area (Å²) in [4.78, 5) is 0. The second-order valence-electron chi connectivity index (χ2n) is 5.92. The molecule has 0 radical (unpaired) electrons. The number of hydrogen-bond acceptors (Lipinski definition) is 1. The van der Waals surface area contributed by atoms with Gasteiger partial charge in [-0.2, -0.15) is 0 Å². The molecule has 3 aromatic rings. The topological polar surface area (TPSA) is 12.0 Å². The number of halogens is 2. The standard InChI is InChI=1S/C21H22FN.ClH/c1-23-21(18-12-14-19(22)15-13-18)11-5-9-17-8-4-7-16-6-2-3-10-20(16)17;/h2-4,6-8,10,12-15,21,23H,5,9,11H2,1H3;1H. The zero-order valence-electron chi connectivity index (χ0n) is 13.8. The monoisotopic (exact) mass is 343 g/mol. The Hall–Kier alpha value is -1.90. The molecule has 0 heterocycles. The summed E-state index contributed by atoms with van der Waals surface area (Å²) in [5, 5.41) is 5.98. The zero-order chi connectivity index (χ0) is 16.1. The van der Waals surface area contributed by atoms with E-state index >= 15 is 0 Å². The summed E-state index contributed by atoms with van der Waals surface area (Å²) in [6.45, 7) is 0. The van der Waals surface area contributed by atoms with E-state index in [0.29, 0.717) is 0 Å². The molecule has 3 rings (SSSR count). The van der Waals surface area contributed by atoms with Crippen molar-refractivity contribution in [3.8, 4) is 0 Å². The van der Waals surface area contributed by atoms with Crippen molar-refractivity contribution in [1.82, 2.24) is 5.32 Å². The SMILES string of the molecule is CNC(CCCc1cccc2ccccc12)c1ccc(F)cc1.Cl. The maximum absolute atomic E-state index is 13.1. The van der Waals surface area contributed by atoms with Crippen LogP contribution in [-0.2, 0) is 6.42 Å². The average Bonchev–Trinajstić information content (AvgIpc) is 2.60. The lowest BCUT2D eigenvalue weighted by Gasteiger charge is -2.17. The summed E-state index contributed by atoms with van der Waals surface area (Å²) in [6.07, 6.45) is 3.18. The van der Waals surface area contributed by atoms with E-state index < -0.39 is 0 Å². The molecule has 0 aliphatic heterocycles. The minimum Gasteiger partial charge on any atom is -0.313 e. The van der Waals surface area contributed by atoms with E-state index in [4.69, 9.17) is 0 Å². The Morgan fingerprint density at radius 2 is 1.62 bits per heavy atom. The Bertz CT molecular complexity index is 765. The highest BCUT2D eigenvalue weighted by atomic mass is 35.5. The molecule has 0 amide bonds. The number of hydrogen-bond donors (Lipinski definition) is 1. The molecule has 0 aromatic heterocycles. The predicted molar refractivity (Wildman–Crippen MR) is 102 cm³/mol. The Kier molecular flexibility index (Phi) is 6.77. The third-order valence-corrected chi connectivity index (χ3v) is 4.44. The predicted octanol–water partition coefficient (Wildman–Crippen LogP) is 5.68. The van der Waals surface area contributed by atoms with Crippen LogP contribution in [0.4, 0.5) is 4.39 Å². The van der Waals surface area contributed by atoms with Crippen molar-refractivity contribution >= 4 is 23.2 Å². The van der Waals surface area contributed by atoms with Gasteiger partial charge < -0.3 is 5.32 Å². The number of nitrogens with one attached hydrogen (secondary N) is 1. The highest BCUT2D eigenvalue weighted by Gasteiger charge is 2.09. The molecule has 24 heavy (non-hydrogen) atoms. The Balaban J connectivity index is 0.00000208. The fraction of sp³-hybridized carbons (Fsp3) is 0.238. The van der Waals surface area contributed by atoms with Crippen molar-refractivity contribution in [1.29, 1.82) is 0 Å². The van der Waals surface area contributed by atoms with Gasteiger partial charge in [-0.1, -0.05) is 54.6 Å². The number of fused-ring (bicyclic) bond motifs is 1. The first kappa shape index (κ1) is 18.4. The van der Waals surface area contributed by atoms with Crippen LogP contribution in [-0.4, -0.2) is 7.05 Å². The van der Waals surface area contributed by atoms with Gasteiger partial charge >= 0.3 is 0 Å². The van der Waals surface area contributed by atoms with Crippen LogP contribution in [0.2, 0.25) is 0 Å². The first-order chi connectivity index (χ1) is 11.3. The van der Waals surface area contributed by atoms with Crippen molar-refractivity contribution < 1.29 is 4.39 Å². The van der Waals surface area contributed by atoms with Crippen LogP contribution in [0.1, 0.15) is 30.0 Å². The first-order valence-electron chi connectivity index (χ1n) is 8.17. The van der Waals surface area contributed by atoms with Gasteiger partial charge in [0.05, 0.1) is 0 Å². The van der Waals surface area contributed by atoms with Gasteiger partial charge in [0.1, 0.15) is 5.82 Å². The Labute approximate surface area is 149 Å². The molecule has 3 aromatic carbocycles. The van der Waals surface area contributed by atoms with Gasteiger partial charge in [-0.05, 0) is 60.3 Å². The normalized spacial score (nSPS) is 11.9. The fourth-order valence-electron chi connectivity index (χ4n) is 3.18. The molecule has 1 N–H and O–H groups in total. The summed E-state index contributed by atoms with van der Waals surface area (Å²) in [5.74, 6) is -0.181. The minimum absolute atomic E-state index is 0. The first-order valence-corrected chi connectivity index (χ1v) is 8.17. The maximum atomic E-state index is 13.1. The fourth-order valence-corrected chi connectivity index (χ4v) is 3.18. The third-order valence-electron chi connectivity index (χ3n) is 4.44. The van der Waals surface area contributed by atoms with Crippen molar-refractivity contribution in [3.05, 3.63) is 83.7 Å². The molecule has 1 nitrogen and oxygen atoms in total. The van der Waals surface area contributed by atoms with Crippen molar-refractivity contribution in [2.75, 3.05) is 7.05 Å². The van der Waals surface area contributed by atoms with Gasteiger partial charge in [0.15, 0.2) is 0 Å². The molecule has 0 saturated carbocycles. The summed E-state index contributed by atoms with van der Waals surface area (Å²) >= 11 is 0. The van der Waals surface area contributed by atoms with Crippen molar-refractivity contribution in [2.45, 2.75) is 25.3 Å². The summed E-state index contributed by atoms with van der Waals surface area (Å²) < 4.78 is 13.1. The third kappa shape index (κ3) is 4.34. The largest absolute Gasteiger partial charge is 0.313 e. The second-order valence-corrected chi connectivity index (χ2v) is 5.92. The molecule has 1 atom stereocenters. The molecule has 0 saturated heterocycles. The Morgan fingerprint density at radius 3 is 2.38 bits per heavy atom. The van der Waals surface area contributed by atoms with Gasteiger partial charge in [0.25, 0.3) is 0 Å². The molecule has 0 aliphatic carbocycles. The minimum atomic E-state index is -0.181.